The monoisotopic (exact) mass is 221 g/mol. The van der Waals surface area contributed by atoms with Crippen LogP contribution >= 0.6 is 11.6 Å². The van der Waals surface area contributed by atoms with Gasteiger partial charge in [-0.25, -0.2) is 14.7 Å². The fourth-order valence-corrected chi connectivity index (χ4v) is 1.30. The maximum absolute atomic E-state index is 13.4. The summed E-state index contributed by atoms with van der Waals surface area (Å²) < 4.78 is 26.7. The number of nitrogens with two attached hydrogens (primary N) is 1. The van der Waals surface area contributed by atoms with Crippen LogP contribution in [-0.2, 0) is 10.4 Å². The minimum absolute atomic E-state index is 0.161. The first-order valence-corrected chi connectivity index (χ1v) is 4.30. The topological polar surface area (TPSA) is 35.2 Å². The van der Waals surface area contributed by atoms with E-state index in [1.54, 1.807) is 0 Å². The number of hydrogen-bond acceptors (Lipinski definition) is 2. The van der Waals surface area contributed by atoms with Gasteiger partial charge in [-0.05, 0) is 26.0 Å². The van der Waals surface area contributed by atoms with E-state index in [-0.39, 0.29) is 10.6 Å². The summed E-state index contributed by atoms with van der Waals surface area (Å²) in [5.41, 5.74) is -1.52. The summed E-state index contributed by atoms with van der Waals surface area (Å²) in [6, 6.07) is 2.21. The minimum Gasteiger partial charge on any atom is -0.294 e. The smallest absolute Gasteiger partial charge is 0.150 e. The Labute approximate surface area is 85.6 Å². The van der Waals surface area contributed by atoms with E-state index < -0.39 is 17.2 Å². The van der Waals surface area contributed by atoms with Crippen LogP contribution in [0.25, 0.3) is 0 Å². The lowest BCUT2D eigenvalue weighted by Gasteiger charge is -2.23. The number of benzene rings is 1. The second-order valence-electron chi connectivity index (χ2n) is 3.35. The number of hydrogen-bond donors (Lipinski definition) is 1. The zero-order valence-corrected chi connectivity index (χ0v) is 8.53. The highest BCUT2D eigenvalue weighted by atomic mass is 35.5. The van der Waals surface area contributed by atoms with Gasteiger partial charge >= 0.3 is 0 Å². The normalized spacial score (nSPS) is 11.9. The zero-order chi connectivity index (χ0) is 10.9. The number of rotatable bonds is 2. The van der Waals surface area contributed by atoms with Crippen LogP contribution in [0.15, 0.2) is 12.1 Å². The Bertz CT molecular complexity index is 355. The predicted molar refractivity (Wildman–Crippen MR) is 49.7 cm³/mol. The van der Waals surface area contributed by atoms with Crippen molar-refractivity contribution in [2.45, 2.75) is 19.4 Å². The summed E-state index contributed by atoms with van der Waals surface area (Å²) in [6.07, 6.45) is 0. The molecule has 0 fully saturated rings. The quantitative estimate of drug-likeness (QED) is 0.616. The highest BCUT2D eigenvalue weighted by Crippen LogP contribution is 2.31. The molecule has 5 heteroatoms. The molecule has 0 unspecified atom stereocenters. The van der Waals surface area contributed by atoms with Gasteiger partial charge in [0.2, 0.25) is 0 Å². The second kappa shape index (κ2) is 3.81. The molecule has 0 saturated carbocycles. The molecule has 1 rings (SSSR count). The van der Waals surface area contributed by atoms with Crippen LogP contribution < -0.4 is 5.90 Å². The highest BCUT2D eigenvalue weighted by molar-refractivity contribution is 6.30. The van der Waals surface area contributed by atoms with E-state index in [1.807, 2.05) is 0 Å². The molecule has 0 aromatic heterocycles. The van der Waals surface area contributed by atoms with Gasteiger partial charge in [-0.3, -0.25) is 4.84 Å². The van der Waals surface area contributed by atoms with Crippen molar-refractivity contribution in [2.24, 2.45) is 5.90 Å². The minimum atomic E-state index is -1.25. The Morgan fingerprint density at radius 1 is 1.36 bits per heavy atom. The van der Waals surface area contributed by atoms with Gasteiger partial charge in [0.25, 0.3) is 0 Å². The van der Waals surface area contributed by atoms with Gasteiger partial charge in [-0.15, -0.1) is 0 Å². The molecule has 0 radical (unpaired) electrons. The van der Waals surface area contributed by atoms with Crippen LogP contribution in [-0.4, -0.2) is 0 Å². The van der Waals surface area contributed by atoms with Crippen molar-refractivity contribution in [1.29, 1.82) is 0 Å². The van der Waals surface area contributed by atoms with Crippen molar-refractivity contribution in [1.82, 2.24) is 0 Å². The first kappa shape index (κ1) is 11.4. The van der Waals surface area contributed by atoms with Crippen LogP contribution in [0.2, 0.25) is 5.02 Å². The van der Waals surface area contributed by atoms with E-state index in [0.717, 1.165) is 12.1 Å². The Balaban J connectivity index is 3.40. The molecule has 0 aliphatic carbocycles. The third kappa shape index (κ3) is 1.87. The van der Waals surface area contributed by atoms with Crippen molar-refractivity contribution in [3.05, 3.63) is 34.4 Å². The van der Waals surface area contributed by atoms with E-state index in [9.17, 15) is 8.78 Å². The highest BCUT2D eigenvalue weighted by Gasteiger charge is 2.29. The molecule has 14 heavy (non-hydrogen) atoms. The summed E-state index contributed by atoms with van der Waals surface area (Å²) in [5, 5.41) is -0.161. The molecule has 1 aromatic carbocycles. The van der Waals surface area contributed by atoms with Crippen molar-refractivity contribution < 1.29 is 13.6 Å². The lowest BCUT2D eigenvalue weighted by Crippen LogP contribution is -2.28. The average molecular weight is 222 g/mol. The second-order valence-corrected chi connectivity index (χ2v) is 3.75. The molecule has 0 atom stereocenters. The summed E-state index contributed by atoms with van der Waals surface area (Å²) in [6.45, 7) is 2.90. The molecule has 2 N–H and O–H groups in total. The molecule has 0 heterocycles. The van der Waals surface area contributed by atoms with Gasteiger partial charge in [0.05, 0.1) is 10.6 Å². The predicted octanol–water partition coefficient (Wildman–Crippen LogP) is 2.74. The van der Waals surface area contributed by atoms with E-state index in [0.29, 0.717) is 0 Å². The fraction of sp³-hybridized carbons (Fsp3) is 0.333. The van der Waals surface area contributed by atoms with Gasteiger partial charge < -0.3 is 0 Å². The number of halogens is 3. The van der Waals surface area contributed by atoms with Crippen molar-refractivity contribution in [3.63, 3.8) is 0 Å². The Hall–Kier alpha value is -0.710. The van der Waals surface area contributed by atoms with Gasteiger partial charge in [0.15, 0.2) is 5.82 Å². The third-order valence-corrected chi connectivity index (χ3v) is 2.23. The Kier molecular flexibility index (Phi) is 3.09. The molecule has 1 aromatic rings. The molecular weight excluding hydrogens is 212 g/mol. The van der Waals surface area contributed by atoms with Gasteiger partial charge in [-0.2, -0.15) is 0 Å². The first-order valence-electron chi connectivity index (χ1n) is 3.92. The summed E-state index contributed by atoms with van der Waals surface area (Å²) in [5.74, 6) is 3.37. The molecule has 0 bridgehead atoms. The SMILES string of the molecule is CC(C)(ON)c1c(F)ccc(Cl)c1F. The Morgan fingerprint density at radius 3 is 2.43 bits per heavy atom. The standard InChI is InChI=1S/C9H10ClF2NO/c1-9(2,14-13)7-6(11)4-3-5(10)8(7)12/h3-4H,13H2,1-2H3. The largest absolute Gasteiger partial charge is 0.294 e. The molecule has 0 aliphatic rings. The van der Waals surface area contributed by atoms with Crippen LogP contribution in [0.4, 0.5) is 8.78 Å². The first-order chi connectivity index (χ1) is 6.40. The molecule has 2 nitrogen and oxygen atoms in total. The maximum Gasteiger partial charge on any atom is 0.150 e. The Morgan fingerprint density at radius 2 is 1.93 bits per heavy atom. The summed E-state index contributed by atoms with van der Waals surface area (Å²) >= 11 is 5.51. The van der Waals surface area contributed by atoms with E-state index >= 15 is 0 Å². The third-order valence-electron chi connectivity index (χ3n) is 1.94. The van der Waals surface area contributed by atoms with Crippen molar-refractivity contribution in [2.75, 3.05) is 0 Å². The van der Waals surface area contributed by atoms with E-state index in [1.165, 1.54) is 13.8 Å². The van der Waals surface area contributed by atoms with Crippen LogP contribution in [0.1, 0.15) is 19.4 Å². The molecule has 0 aliphatic heterocycles. The lowest BCUT2D eigenvalue weighted by molar-refractivity contribution is -0.0286. The summed E-state index contributed by atoms with van der Waals surface area (Å²) in [7, 11) is 0. The molecule has 0 amide bonds. The van der Waals surface area contributed by atoms with Gasteiger partial charge in [0, 0.05) is 0 Å². The summed E-state index contributed by atoms with van der Waals surface area (Å²) in [4.78, 5) is 4.50. The van der Waals surface area contributed by atoms with Crippen LogP contribution in [0.5, 0.6) is 0 Å². The average Bonchev–Trinajstić information content (AvgIpc) is 2.12. The van der Waals surface area contributed by atoms with Crippen LogP contribution in [0.3, 0.4) is 0 Å². The zero-order valence-electron chi connectivity index (χ0n) is 7.77. The van der Waals surface area contributed by atoms with Gasteiger partial charge in [-0.1, -0.05) is 11.6 Å². The van der Waals surface area contributed by atoms with Crippen LogP contribution in [0, 0.1) is 11.6 Å². The van der Waals surface area contributed by atoms with Crippen molar-refractivity contribution in [3.8, 4) is 0 Å². The molecule has 78 valence electrons. The van der Waals surface area contributed by atoms with E-state index in [2.05, 4.69) is 4.84 Å². The molecule has 0 spiro atoms. The van der Waals surface area contributed by atoms with E-state index in [4.69, 9.17) is 17.5 Å². The molecular formula is C9H10ClF2NO. The molecule has 0 saturated heterocycles. The van der Waals surface area contributed by atoms with Crippen molar-refractivity contribution >= 4 is 11.6 Å². The van der Waals surface area contributed by atoms with Gasteiger partial charge in [0.1, 0.15) is 11.4 Å². The fourth-order valence-electron chi connectivity index (χ4n) is 1.14. The maximum atomic E-state index is 13.4. The lowest BCUT2D eigenvalue weighted by atomic mass is 9.97.